The summed E-state index contributed by atoms with van der Waals surface area (Å²) in [5, 5.41) is 12.7. The summed E-state index contributed by atoms with van der Waals surface area (Å²) in [7, 11) is 0. The number of benzene rings is 2. The number of amides is 2. The number of carboxylic acid groups (broad SMARTS) is 1. The Kier molecular flexibility index (Phi) is 8.16. The Bertz CT molecular complexity index is 1060. The number of carbonyl (C=O) groups is 3. The van der Waals surface area contributed by atoms with Crippen molar-refractivity contribution in [2.75, 3.05) is 6.61 Å². The SMILES string of the molecule is C=CCC(NC(=O)OCC1c2ccccc2-c2ccccc21)C(=O)N[C@@H](CCC(=O)O)C(F)(F)F. The lowest BCUT2D eigenvalue weighted by molar-refractivity contribution is -0.165. The van der Waals surface area contributed by atoms with E-state index in [9.17, 15) is 27.6 Å². The zero-order chi connectivity index (χ0) is 25.6. The highest BCUT2D eigenvalue weighted by molar-refractivity contribution is 5.86. The first-order chi connectivity index (χ1) is 16.6. The molecule has 2 aromatic carbocycles. The lowest BCUT2D eigenvalue weighted by Crippen LogP contribution is -2.53. The van der Waals surface area contributed by atoms with Gasteiger partial charge in [-0.3, -0.25) is 9.59 Å². The van der Waals surface area contributed by atoms with Gasteiger partial charge in [-0.15, -0.1) is 6.58 Å². The van der Waals surface area contributed by atoms with Crippen LogP contribution in [0.15, 0.2) is 61.2 Å². The maximum absolute atomic E-state index is 13.2. The number of aliphatic carboxylic acids is 1. The number of rotatable bonds is 10. The van der Waals surface area contributed by atoms with Crippen molar-refractivity contribution in [1.82, 2.24) is 10.6 Å². The second kappa shape index (κ2) is 11.1. The van der Waals surface area contributed by atoms with E-state index in [2.05, 4.69) is 11.9 Å². The van der Waals surface area contributed by atoms with E-state index >= 15 is 0 Å². The van der Waals surface area contributed by atoms with Gasteiger partial charge in [0.25, 0.3) is 0 Å². The maximum atomic E-state index is 13.2. The van der Waals surface area contributed by atoms with Crippen molar-refractivity contribution in [2.45, 2.75) is 43.4 Å². The van der Waals surface area contributed by atoms with Crippen LogP contribution in [0.5, 0.6) is 0 Å². The topological polar surface area (TPSA) is 105 Å². The van der Waals surface area contributed by atoms with Gasteiger partial charge in [-0.25, -0.2) is 4.79 Å². The molecule has 0 aromatic heterocycles. The number of hydrogen-bond donors (Lipinski definition) is 3. The van der Waals surface area contributed by atoms with E-state index < -0.39 is 49.1 Å². The molecule has 2 amide bonds. The van der Waals surface area contributed by atoms with Crippen molar-refractivity contribution in [2.24, 2.45) is 0 Å². The Morgan fingerprint density at radius 2 is 1.60 bits per heavy atom. The molecule has 0 heterocycles. The molecule has 0 fully saturated rings. The molecule has 0 aliphatic heterocycles. The van der Waals surface area contributed by atoms with E-state index in [4.69, 9.17) is 9.84 Å². The first kappa shape index (κ1) is 25.8. The van der Waals surface area contributed by atoms with Crippen molar-refractivity contribution in [3.05, 3.63) is 72.3 Å². The number of hydrogen-bond acceptors (Lipinski definition) is 4. The molecule has 3 N–H and O–H groups in total. The number of carboxylic acids is 1. The highest BCUT2D eigenvalue weighted by Crippen LogP contribution is 2.44. The van der Waals surface area contributed by atoms with Gasteiger partial charge in [0.2, 0.25) is 5.91 Å². The van der Waals surface area contributed by atoms with E-state index in [-0.39, 0.29) is 18.9 Å². The minimum Gasteiger partial charge on any atom is -0.481 e. The molecule has 1 aliphatic rings. The molecule has 0 bridgehead atoms. The van der Waals surface area contributed by atoms with Crippen LogP contribution >= 0.6 is 0 Å². The van der Waals surface area contributed by atoms with Crippen LogP contribution in [0.3, 0.4) is 0 Å². The molecule has 3 rings (SSSR count). The minimum absolute atomic E-state index is 0.0356. The summed E-state index contributed by atoms with van der Waals surface area (Å²) in [6, 6.07) is 11.6. The number of halogens is 3. The maximum Gasteiger partial charge on any atom is 0.408 e. The lowest BCUT2D eigenvalue weighted by Gasteiger charge is -2.24. The highest BCUT2D eigenvalue weighted by atomic mass is 19.4. The third-order valence-electron chi connectivity index (χ3n) is 5.71. The van der Waals surface area contributed by atoms with Crippen molar-refractivity contribution >= 4 is 18.0 Å². The molecule has 0 saturated heterocycles. The Morgan fingerprint density at radius 1 is 1.03 bits per heavy atom. The third kappa shape index (κ3) is 6.40. The van der Waals surface area contributed by atoms with Crippen molar-refractivity contribution < 1.29 is 37.4 Å². The van der Waals surface area contributed by atoms with Gasteiger partial charge in [0.1, 0.15) is 18.7 Å². The van der Waals surface area contributed by atoms with Gasteiger partial charge in [-0.2, -0.15) is 13.2 Å². The molecule has 35 heavy (non-hydrogen) atoms. The molecule has 10 heteroatoms. The second-order valence-corrected chi connectivity index (χ2v) is 8.08. The monoisotopic (exact) mass is 490 g/mol. The number of carbonyl (C=O) groups excluding carboxylic acids is 2. The van der Waals surface area contributed by atoms with E-state index in [1.54, 1.807) is 5.32 Å². The van der Waals surface area contributed by atoms with Crippen LogP contribution < -0.4 is 10.6 Å². The molecular weight excluding hydrogens is 465 g/mol. The first-order valence-corrected chi connectivity index (χ1v) is 10.9. The van der Waals surface area contributed by atoms with Crippen molar-refractivity contribution in [1.29, 1.82) is 0 Å². The molecule has 1 aliphatic carbocycles. The Labute approximate surface area is 200 Å². The summed E-state index contributed by atoms with van der Waals surface area (Å²) in [6.45, 7) is 3.43. The second-order valence-electron chi connectivity index (χ2n) is 8.08. The Balaban J connectivity index is 1.64. The van der Waals surface area contributed by atoms with Crippen molar-refractivity contribution in [3.8, 4) is 11.1 Å². The highest BCUT2D eigenvalue weighted by Gasteiger charge is 2.41. The summed E-state index contributed by atoms with van der Waals surface area (Å²) >= 11 is 0. The molecule has 0 saturated carbocycles. The molecule has 1 unspecified atom stereocenters. The lowest BCUT2D eigenvalue weighted by atomic mass is 9.98. The summed E-state index contributed by atoms with van der Waals surface area (Å²) in [5.74, 6) is -2.77. The Hall–Kier alpha value is -3.82. The summed E-state index contributed by atoms with van der Waals surface area (Å²) in [4.78, 5) is 35.6. The van der Waals surface area contributed by atoms with Crippen LogP contribution in [0.2, 0.25) is 0 Å². The van der Waals surface area contributed by atoms with Crippen LogP contribution in [-0.2, 0) is 14.3 Å². The number of nitrogens with one attached hydrogen (secondary N) is 2. The summed E-state index contributed by atoms with van der Waals surface area (Å²) < 4.78 is 45.1. The number of ether oxygens (including phenoxy) is 1. The largest absolute Gasteiger partial charge is 0.481 e. The van der Waals surface area contributed by atoms with Gasteiger partial charge >= 0.3 is 18.2 Å². The zero-order valence-corrected chi connectivity index (χ0v) is 18.7. The van der Waals surface area contributed by atoms with Crippen molar-refractivity contribution in [3.63, 3.8) is 0 Å². The molecule has 2 atom stereocenters. The fourth-order valence-corrected chi connectivity index (χ4v) is 4.04. The average Bonchev–Trinajstić information content (AvgIpc) is 3.13. The fraction of sp³-hybridized carbons (Fsp3) is 0.320. The number of alkyl halides is 3. The van der Waals surface area contributed by atoms with Crippen LogP contribution in [-0.4, -0.2) is 47.9 Å². The quantitative estimate of drug-likeness (QED) is 0.429. The standard InChI is InChI=1S/C25H25F3N2O5/c1-2-7-20(23(33)30-21(25(26,27)28)12-13-22(31)32)29-24(34)35-14-19-17-10-5-3-8-15(17)16-9-4-6-11-18(16)19/h2-6,8-11,19-21H,1,7,12-14H2,(H,29,34)(H,30,33)(H,31,32)/t20?,21-/m0/s1. The van der Waals surface area contributed by atoms with E-state index in [0.29, 0.717) is 0 Å². The van der Waals surface area contributed by atoms with E-state index in [1.165, 1.54) is 6.08 Å². The summed E-state index contributed by atoms with van der Waals surface area (Å²) in [5.41, 5.74) is 4.02. The summed E-state index contributed by atoms with van der Waals surface area (Å²) in [6.07, 6.45) is -6.32. The van der Waals surface area contributed by atoms with Crippen LogP contribution in [0.4, 0.5) is 18.0 Å². The van der Waals surface area contributed by atoms with Crippen LogP contribution in [0, 0.1) is 0 Å². The average molecular weight is 490 g/mol. The zero-order valence-electron chi connectivity index (χ0n) is 18.7. The third-order valence-corrected chi connectivity index (χ3v) is 5.71. The minimum atomic E-state index is -4.85. The van der Waals surface area contributed by atoms with Crippen LogP contribution in [0.25, 0.3) is 11.1 Å². The van der Waals surface area contributed by atoms with E-state index in [0.717, 1.165) is 22.3 Å². The van der Waals surface area contributed by atoms with Gasteiger partial charge in [0.05, 0.1) is 0 Å². The molecule has 0 spiro atoms. The van der Waals surface area contributed by atoms with E-state index in [1.807, 2.05) is 48.5 Å². The predicted molar refractivity (Wildman–Crippen MR) is 122 cm³/mol. The molecule has 2 aromatic rings. The Morgan fingerprint density at radius 3 is 2.11 bits per heavy atom. The molecule has 0 radical (unpaired) electrons. The van der Waals surface area contributed by atoms with Crippen LogP contribution in [0.1, 0.15) is 36.3 Å². The van der Waals surface area contributed by atoms with Gasteiger partial charge in [0, 0.05) is 12.3 Å². The smallest absolute Gasteiger partial charge is 0.408 e. The van der Waals surface area contributed by atoms with Gasteiger partial charge in [-0.1, -0.05) is 54.6 Å². The number of alkyl carbamates (subject to hydrolysis) is 1. The fourth-order valence-electron chi connectivity index (χ4n) is 4.04. The first-order valence-electron chi connectivity index (χ1n) is 10.9. The van der Waals surface area contributed by atoms with Gasteiger partial charge in [0.15, 0.2) is 0 Å². The van der Waals surface area contributed by atoms with Gasteiger partial charge in [-0.05, 0) is 35.1 Å². The predicted octanol–water partition coefficient (Wildman–Crippen LogP) is 4.38. The normalized spacial score (nSPS) is 14.3. The molecular formula is C25H25F3N2O5. The molecule has 186 valence electrons. The van der Waals surface area contributed by atoms with Gasteiger partial charge < -0.3 is 20.5 Å². The number of fused-ring (bicyclic) bond motifs is 3. The molecule has 7 nitrogen and oxygen atoms in total.